The molecule has 0 heterocycles. The van der Waals surface area contributed by atoms with E-state index in [0.29, 0.717) is 10.6 Å². The van der Waals surface area contributed by atoms with Crippen LogP contribution in [0.5, 0.6) is 0 Å². The molecule has 0 atom stereocenters. The lowest BCUT2D eigenvalue weighted by atomic mass is 10.0. The molecule has 0 fully saturated rings. The Hall–Kier alpha value is -3.02. The van der Waals surface area contributed by atoms with Crippen molar-refractivity contribution in [3.8, 4) is 23.0 Å². The van der Waals surface area contributed by atoms with Crippen LogP contribution in [0.15, 0.2) is 78.9 Å². The summed E-state index contributed by atoms with van der Waals surface area (Å²) in [5, 5.41) is 3.45. The largest absolute Gasteiger partial charge is 0.341 e. The lowest BCUT2D eigenvalue weighted by molar-refractivity contribution is 0.0958. The number of hydrogen-bond acceptors (Lipinski definition) is 1. The first kappa shape index (κ1) is 16.8. The molecule has 3 aromatic carbocycles. The molecular formula is C22H16ClNO. The molecular weight excluding hydrogens is 330 g/mol. The smallest absolute Gasteiger partial charge is 0.252 e. The first-order valence-electron chi connectivity index (χ1n) is 7.90. The molecule has 0 spiro atoms. The Morgan fingerprint density at radius 2 is 1.60 bits per heavy atom. The molecule has 122 valence electrons. The van der Waals surface area contributed by atoms with Crippen LogP contribution in [0.1, 0.15) is 15.9 Å². The van der Waals surface area contributed by atoms with Gasteiger partial charge in [-0.2, -0.15) is 0 Å². The van der Waals surface area contributed by atoms with E-state index < -0.39 is 0 Å². The molecule has 0 aliphatic heterocycles. The highest BCUT2D eigenvalue weighted by Gasteiger charge is 2.04. The summed E-state index contributed by atoms with van der Waals surface area (Å²) in [5.41, 5.74) is 3.65. The first-order chi connectivity index (χ1) is 12.2. The maximum absolute atomic E-state index is 12.2. The molecule has 3 heteroatoms. The SMILES string of the molecule is O=C(NCC#Cc1cccc(Cl)c1)c1ccc(-c2ccccc2)cc1. The summed E-state index contributed by atoms with van der Waals surface area (Å²) in [6, 6.07) is 24.9. The predicted molar refractivity (Wildman–Crippen MR) is 103 cm³/mol. The van der Waals surface area contributed by atoms with Crippen molar-refractivity contribution in [1.82, 2.24) is 5.32 Å². The van der Waals surface area contributed by atoms with Gasteiger partial charge in [0.05, 0.1) is 6.54 Å². The number of carbonyl (C=O) groups is 1. The van der Waals surface area contributed by atoms with Gasteiger partial charge in [-0.25, -0.2) is 0 Å². The third-order valence-corrected chi connectivity index (χ3v) is 3.88. The zero-order chi connectivity index (χ0) is 17.5. The van der Waals surface area contributed by atoms with E-state index in [0.717, 1.165) is 16.7 Å². The summed E-state index contributed by atoms with van der Waals surface area (Å²) in [6.45, 7) is 0.284. The molecule has 0 radical (unpaired) electrons. The van der Waals surface area contributed by atoms with Crippen LogP contribution in [-0.4, -0.2) is 12.5 Å². The number of nitrogens with one attached hydrogen (secondary N) is 1. The second kappa shape index (κ2) is 8.19. The molecule has 0 saturated carbocycles. The van der Waals surface area contributed by atoms with E-state index in [9.17, 15) is 4.79 Å². The van der Waals surface area contributed by atoms with Gasteiger partial charge in [0.1, 0.15) is 0 Å². The number of benzene rings is 3. The number of halogens is 1. The van der Waals surface area contributed by atoms with Crippen LogP contribution in [0.25, 0.3) is 11.1 Å². The van der Waals surface area contributed by atoms with E-state index in [-0.39, 0.29) is 12.5 Å². The fourth-order valence-electron chi connectivity index (χ4n) is 2.38. The number of rotatable bonds is 3. The Kier molecular flexibility index (Phi) is 5.51. The maximum atomic E-state index is 12.2. The third-order valence-electron chi connectivity index (χ3n) is 3.65. The Labute approximate surface area is 152 Å². The van der Waals surface area contributed by atoms with Crippen LogP contribution in [0.2, 0.25) is 5.02 Å². The van der Waals surface area contributed by atoms with Crippen molar-refractivity contribution in [2.75, 3.05) is 6.54 Å². The third kappa shape index (κ3) is 4.73. The quantitative estimate of drug-likeness (QED) is 0.679. The Morgan fingerprint density at radius 3 is 2.32 bits per heavy atom. The summed E-state index contributed by atoms with van der Waals surface area (Å²) in [5.74, 6) is 5.76. The summed E-state index contributed by atoms with van der Waals surface area (Å²) >= 11 is 5.91. The van der Waals surface area contributed by atoms with Gasteiger partial charge in [-0.1, -0.05) is 72.0 Å². The minimum absolute atomic E-state index is 0.139. The molecule has 3 aromatic rings. The minimum Gasteiger partial charge on any atom is -0.341 e. The van der Waals surface area contributed by atoms with Gasteiger partial charge in [0.25, 0.3) is 5.91 Å². The average molecular weight is 346 g/mol. The number of hydrogen-bond donors (Lipinski definition) is 1. The van der Waals surface area contributed by atoms with Crippen molar-refractivity contribution in [2.45, 2.75) is 0 Å². The summed E-state index contributed by atoms with van der Waals surface area (Å²) in [7, 11) is 0. The van der Waals surface area contributed by atoms with Crippen molar-refractivity contribution >= 4 is 17.5 Å². The van der Waals surface area contributed by atoms with Gasteiger partial charge < -0.3 is 5.32 Å². The van der Waals surface area contributed by atoms with E-state index >= 15 is 0 Å². The Balaban J connectivity index is 1.59. The second-order valence-corrected chi connectivity index (χ2v) is 5.87. The van der Waals surface area contributed by atoms with Gasteiger partial charge in [0, 0.05) is 16.1 Å². The number of carbonyl (C=O) groups excluding carboxylic acids is 1. The Morgan fingerprint density at radius 1 is 0.880 bits per heavy atom. The first-order valence-corrected chi connectivity index (χ1v) is 8.28. The van der Waals surface area contributed by atoms with E-state index in [4.69, 9.17) is 11.6 Å². The van der Waals surface area contributed by atoms with Crippen molar-refractivity contribution in [1.29, 1.82) is 0 Å². The average Bonchev–Trinajstić information content (AvgIpc) is 2.66. The van der Waals surface area contributed by atoms with Crippen LogP contribution >= 0.6 is 11.6 Å². The van der Waals surface area contributed by atoms with E-state index in [2.05, 4.69) is 17.2 Å². The molecule has 0 aliphatic rings. The zero-order valence-electron chi connectivity index (χ0n) is 13.5. The molecule has 1 N–H and O–H groups in total. The standard InChI is InChI=1S/C22H16ClNO/c23-21-10-4-6-17(16-21)7-5-15-24-22(25)20-13-11-19(12-14-20)18-8-2-1-3-9-18/h1-4,6,8-14,16H,15H2,(H,24,25). The number of amides is 1. The van der Waals surface area contributed by atoms with E-state index in [1.54, 1.807) is 12.1 Å². The fraction of sp³-hybridized carbons (Fsp3) is 0.0455. The van der Waals surface area contributed by atoms with Gasteiger partial charge in [-0.15, -0.1) is 0 Å². The summed E-state index contributed by atoms with van der Waals surface area (Å²) in [6.07, 6.45) is 0. The topological polar surface area (TPSA) is 29.1 Å². The zero-order valence-corrected chi connectivity index (χ0v) is 14.3. The predicted octanol–water partition coefficient (Wildman–Crippen LogP) is 4.79. The van der Waals surface area contributed by atoms with Crippen molar-refractivity contribution < 1.29 is 4.79 Å². The van der Waals surface area contributed by atoms with Crippen LogP contribution in [0, 0.1) is 11.8 Å². The molecule has 1 amide bonds. The normalized spacial score (nSPS) is 9.80. The molecule has 2 nitrogen and oxygen atoms in total. The monoisotopic (exact) mass is 345 g/mol. The molecule has 0 aliphatic carbocycles. The molecule has 0 unspecified atom stereocenters. The summed E-state index contributed by atoms with van der Waals surface area (Å²) in [4.78, 5) is 12.2. The van der Waals surface area contributed by atoms with Crippen molar-refractivity contribution in [3.63, 3.8) is 0 Å². The van der Waals surface area contributed by atoms with Gasteiger partial charge in [0.2, 0.25) is 0 Å². The molecule has 0 aromatic heterocycles. The second-order valence-electron chi connectivity index (χ2n) is 5.44. The summed E-state index contributed by atoms with van der Waals surface area (Å²) < 4.78 is 0. The Bertz CT molecular complexity index is 921. The van der Waals surface area contributed by atoms with E-state index in [1.807, 2.05) is 66.7 Å². The van der Waals surface area contributed by atoms with Gasteiger partial charge in [-0.3, -0.25) is 4.79 Å². The highest BCUT2D eigenvalue weighted by molar-refractivity contribution is 6.30. The maximum Gasteiger partial charge on any atom is 0.252 e. The molecule has 25 heavy (non-hydrogen) atoms. The lowest BCUT2D eigenvalue weighted by Gasteiger charge is -2.04. The van der Waals surface area contributed by atoms with Crippen LogP contribution in [0.3, 0.4) is 0 Å². The van der Waals surface area contributed by atoms with Gasteiger partial charge in [0.15, 0.2) is 0 Å². The van der Waals surface area contributed by atoms with Crippen LogP contribution in [0.4, 0.5) is 0 Å². The van der Waals surface area contributed by atoms with Crippen molar-refractivity contribution in [3.05, 3.63) is 95.0 Å². The van der Waals surface area contributed by atoms with Gasteiger partial charge >= 0.3 is 0 Å². The lowest BCUT2D eigenvalue weighted by Crippen LogP contribution is -2.23. The molecule has 3 rings (SSSR count). The van der Waals surface area contributed by atoms with Crippen molar-refractivity contribution in [2.24, 2.45) is 0 Å². The highest BCUT2D eigenvalue weighted by Crippen LogP contribution is 2.19. The van der Waals surface area contributed by atoms with E-state index in [1.165, 1.54) is 0 Å². The minimum atomic E-state index is -0.139. The van der Waals surface area contributed by atoms with Gasteiger partial charge in [-0.05, 0) is 41.5 Å². The van der Waals surface area contributed by atoms with Crippen LogP contribution < -0.4 is 5.32 Å². The molecule has 0 saturated heterocycles. The highest BCUT2D eigenvalue weighted by atomic mass is 35.5. The fourth-order valence-corrected chi connectivity index (χ4v) is 2.57. The van der Waals surface area contributed by atoms with Crippen LogP contribution in [-0.2, 0) is 0 Å². The molecule has 0 bridgehead atoms.